The zero-order valence-corrected chi connectivity index (χ0v) is 23.0. The van der Waals surface area contributed by atoms with Crippen molar-refractivity contribution in [3.63, 3.8) is 0 Å². The van der Waals surface area contributed by atoms with Crippen LogP contribution in [-0.2, 0) is 14.8 Å². The number of anilines is 2. The Morgan fingerprint density at radius 1 is 0.972 bits per heavy atom. The Morgan fingerprint density at radius 2 is 1.58 bits per heavy atom. The lowest BCUT2D eigenvalue weighted by Gasteiger charge is -2.09. The summed E-state index contributed by atoms with van der Waals surface area (Å²) in [6.45, 7) is 3.36. The number of phenols is 1. The molecule has 1 amide bonds. The maximum atomic E-state index is 13.3. The molecule has 1 aromatic heterocycles. The van der Waals surface area contributed by atoms with Gasteiger partial charge in [-0.2, -0.15) is 0 Å². The average Bonchev–Trinajstić information content (AvgIpc) is 3.17. The van der Waals surface area contributed by atoms with Gasteiger partial charge in [-0.15, -0.1) is 0 Å². The molecule has 186 valence electrons. The lowest BCUT2D eigenvalue weighted by molar-refractivity contribution is -0.115. The van der Waals surface area contributed by atoms with E-state index in [0.29, 0.717) is 49.0 Å². The van der Waals surface area contributed by atoms with Crippen LogP contribution in [0.5, 0.6) is 5.75 Å². The van der Waals surface area contributed by atoms with Crippen molar-refractivity contribution < 1.29 is 27.5 Å². The van der Waals surface area contributed by atoms with Gasteiger partial charge in [0.2, 0.25) is 5.91 Å². The number of furan rings is 1. The highest BCUT2D eigenvalue weighted by Crippen LogP contribution is 2.36. The van der Waals surface area contributed by atoms with E-state index in [1.54, 1.807) is 38.1 Å². The van der Waals surface area contributed by atoms with Crippen LogP contribution in [0.4, 0.5) is 11.4 Å². The summed E-state index contributed by atoms with van der Waals surface area (Å²) in [6.07, 6.45) is 0.334. The second-order valence-corrected chi connectivity index (χ2v) is 11.3. The highest BCUT2D eigenvalue weighted by Gasteiger charge is 2.23. The van der Waals surface area contributed by atoms with E-state index in [9.17, 15) is 23.1 Å². The zero-order chi connectivity index (χ0) is 26.2. The first kappa shape index (κ1) is 25.9. The summed E-state index contributed by atoms with van der Waals surface area (Å²) in [5.41, 5.74) is 1.74. The average molecular weight is 636 g/mol. The minimum atomic E-state index is -3.96. The number of carbonyl (C=O) groups is 2. The molecule has 0 saturated carbocycles. The summed E-state index contributed by atoms with van der Waals surface area (Å²) in [7, 11) is -3.96. The molecule has 0 aliphatic heterocycles. The molecule has 0 atom stereocenters. The monoisotopic (exact) mass is 634 g/mol. The van der Waals surface area contributed by atoms with Crippen LogP contribution >= 0.6 is 31.9 Å². The Labute approximate surface area is 224 Å². The normalized spacial score (nSPS) is 11.4. The van der Waals surface area contributed by atoms with Crippen LogP contribution in [-0.4, -0.2) is 25.2 Å². The van der Waals surface area contributed by atoms with E-state index >= 15 is 0 Å². The topological polar surface area (TPSA) is 126 Å². The summed E-state index contributed by atoms with van der Waals surface area (Å²) in [5, 5.41) is 13.1. The van der Waals surface area contributed by atoms with Crippen molar-refractivity contribution in [2.75, 3.05) is 10.0 Å². The number of carbonyl (C=O) groups excluding carboxylic acids is 2. The van der Waals surface area contributed by atoms with Gasteiger partial charge in [-0.05, 0) is 87.3 Å². The van der Waals surface area contributed by atoms with Crippen molar-refractivity contribution in [1.82, 2.24) is 0 Å². The lowest BCUT2D eigenvalue weighted by Crippen LogP contribution is -2.13. The molecule has 3 aromatic carbocycles. The summed E-state index contributed by atoms with van der Waals surface area (Å²) < 4.78 is 34.9. The molecule has 0 saturated heterocycles. The van der Waals surface area contributed by atoms with Crippen LogP contribution in [0.3, 0.4) is 0 Å². The number of rotatable bonds is 7. The quantitative estimate of drug-likeness (QED) is 0.203. The Hall–Kier alpha value is -3.15. The Morgan fingerprint density at radius 3 is 2.19 bits per heavy atom. The number of nitrogens with one attached hydrogen (secondary N) is 2. The summed E-state index contributed by atoms with van der Waals surface area (Å²) in [5.74, 6) is -0.170. The second-order valence-electron chi connectivity index (χ2n) is 7.89. The van der Waals surface area contributed by atoms with E-state index in [1.165, 1.54) is 30.3 Å². The van der Waals surface area contributed by atoms with Crippen molar-refractivity contribution in [2.45, 2.75) is 25.2 Å². The standard InChI is InChI=1S/C25H20Br2N2O6S/c1-3-22(30)28-15-4-6-16(7-5-15)29-36(33,34)17-8-9-18-21(12-17)35-13(2)23(18)24(31)14-10-19(26)25(32)20(27)11-14/h4-12,29,32H,3H2,1-2H3,(H,28,30). The molecule has 3 N–H and O–H groups in total. The molecule has 8 nitrogen and oxygen atoms in total. The number of sulfonamides is 1. The summed E-state index contributed by atoms with van der Waals surface area (Å²) in [6, 6.07) is 13.6. The fourth-order valence-corrected chi connectivity index (χ4v) is 5.83. The molecule has 0 radical (unpaired) electrons. The smallest absolute Gasteiger partial charge is 0.262 e. The van der Waals surface area contributed by atoms with Gasteiger partial charge in [0, 0.05) is 34.8 Å². The fraction of sp³-hybridized carbons (Fsp3) is 0.120. The Balaban J connectivity index is 1.63. The van der Waals surface area contributed by atoms with Gasteiger partial charge < -0.3 is 14.8 Å². The number of ketones is 1. The Kier molecular flexibility index (Phi) is 7.26. The van der Waals surface area contributed by atoms with E-state index in [0.717, 1.165) is 0 Å². The first-order chi connectivity index (χ1) is 17.0. The molecule has 36 heavy (non-hydrogen) atoms. The zero-order valence-electron chi connectivity index (χ0n) is 19.1. The van der Waals surface area contributed by atoms with Gasteiger partial charge >= 0.3 is 0 Å². The third kappa shape index (κ3) is 5.18. The molecule has 4 rings (SSSR count). The highest BCUT2D eigenvalue weighted by molar-refractivity contribution is 9.11. The van der Waals surface area contributed by atoms with Gasteiger partial charge in [0.15, 0.2) is 5.78 Å². The number of hydrogen-bond acceptors (Lipinski definition) is 6. The van der Waals surface area contributed by atoms with E-state index < -0.39 is 10.0 Å². The van der Waals surface area contributed by atoms with Gasteiger partial charge in [0.25, 0.3) is 10.0 Å². The third-order valence-electron chi connectivity index (χ3n) is 5.40. The molecule has 1 heterocycles. The third-order valence-corrected chi connectivity index (χ3v) is 7.98. The van der Waals surface area contributed by atoms with Crippen molar-refractivity contribution >= 4 is 75.9 Å². The number of aryl methyl sites for hydroxylation is 1. The molecule has 4 aromatic rings. The molecule has 0 fully saturated rings. The maximum Gasteiger partial charge on any atom is 0.262 e. The van der Waals surface area contributed by atoms with Crippen LogP contribution in [0.1, 0.15) is 35.0 Å². The molecule has 0 unspecified atom stereocenters. The lowest BCUT2D eigenvalue weighted by atomic mass is 10.0. The predicted molar refractivity (Wildman–Crippen MR) is 144 cm³/mol. The maximum absolute atomic E-state index is 13.3. The number of fused-ring (bicyclic) bond motifs is 1. The van der Waals surface area contributed by atoms with Gasteiger partial charge in [-0.3, -0.25) is 14.3 Å². The Bertz CT molecular complexity index is 1590. The molecular formula is C25H20Br2N2O6S. The number of halogens is 2. The highest BCUT2D eigenvalue weighted by atomic mass is 79.9. The number of amides is 1. The summed E-state index contributed by atoms with van der Waals surface area (Å²) >= 11 is 6.45. The first-order valence-corrected chi connectivity index (χ1v) is 13.8. The summed E-state index contributed by atoms with van der Waals surface area (Å²) in [4.78, 5) is 24.7. The van der Waals surface area contributed by atoms with Crippen molar-refractivity contribution in [3.8, 4) is 5.75 Å². The number of phenolic OH excluding ortho intramolecular Hbond substituents is 1. The van der Waals surface area contributed by atoms with Gasteiger partial charge in [0.05, 0.1) is 19.4 Å². The first-order valence-electron chi connectivity index (χ1n) is 10.7. The van der Waals surface area contributed by atoms with Crippen LogP contribution in [0.25, 0.3) is 11.0 Å². The molecular weight excluding hydrogens is 616 g/mol. The predicted octanol–water partition coefficient (Wildman–Crippen LogP) is 6.35. The van der Waals surface area contributed by atoms with Crippen molar-refractivity contribution in [3.05, 3.63) is 80.4 Å². The van der Waals surface area contributed by atoms with E-state index in [2.05, 4.69) is 41.9 Å². The van der Waals surface area contributed by atoms with Gasteiger partial charge in [-0.25, -0.2) is 8.42 Å². The van der Waals surface area contributed by atoms with E-state index in [-0.39, 0.29) is 27.9 Å². The molecule has 0 spiro atoms. The van der Waals surface area contributed by atoms with E-state index in [1.807, 2.05) is 0 Å². The molecule has 0 bridgehead atoms. The number of aromatic hydroxyl groups is 1. The van der Waals surface area contributed by atoms with Crippen LogP contribution in [0, 0.1) is 6.92 Å². The largest absolute Gasteiger partial charge is 0.506 e. The SMILES string of the molecule is CCC(=O)Nc1ccc(NS(=O)(=O)c2ccc3c(C(=O)c4cc(Br)c(O)c(Br)c4)c(C)oc3c2)cc1. The number of hydrogen-bond donors (Lipinski definition) is 3. The van der Waals surface area contributed by atoms with Crippen LogP contribution in [0.15, 0.2) is 72.9 Å². The minimum Gasteiger partial charge on any atom is -0.506 e. The van der Waals surface area contributed by atoms with Gasteiger partial charge in [-0.1, -0.05) is 6.92 Å². The van der Waals surface area contributed by atoms with Crippen LogP contribution < -0.4 is 10.0 Å². The molecule has 11 heteroatoms. The van der Waals surface area contributed by atoms with Gasteiger partial charge in [0.1, 0.15) is 17.1 Å². The van der Waals surface area contributed by atoms with Crippen LogP contribution in [0.2, 0.25) is 0 Å². The minimum absolute atomic E-state index is 0.0250. The number of benzene rings is 3. The molecule has 0 aliphatic rings. The van der Waals surface area contributed by atoms with E-state index in [4.69, 9.17) is 4.42 Å². The van der Waals surface area contributed by atoms with Crippen molar-refractivity contribution in [2.24, 2.45) is 0 Å². The van der Waals surface area contributed by atoms with Crippen molar-refractivity contribution in [1.29, 1.82) is 0 Å². The molecule has 0 aliphatic carbocycles. The fourth-order valence-electron chi connectivity index (χ4n) is 3.57. The second kappa shape index (κ2) is 10.1.